The third-order valence-electron chi connectivity index (χ3n) is 6.37. The van der Waals surface area contributed by atoms with Gasteiger partial charge >= 0.3 is 0 Å². The van der Waals surface area contributed by atoms with Crippen molar-refractivity contribution in [1.29, 1.82) is 0 Å². The number of anilines is 2. The maximum Gasteiger partial charge on any atom is 0.259 e. The molecule has 0 atom stereocenters. The maximum absolute atomic E-state index is 13.2. The third-order valence-corrected chi connectivity index (χ3v) is 6.37. The summed E-state index contributed by atoms with van der Waals surface area (Å²) in [6.07, 6.45) is 5.08. The molecule has 4 aromatic rings. The van der Waals surface area contributed by atoms with E-state index < -0.39 is 0 Å². The molecular formula is C24H28N8O3. The molecule has 3 aromatic heterocycles. The number of nitrogens with zero attached hydrogens (tertiary/aromatic N) is 6. The van der Waals surface area contributed by atoms with Crippen LogP contribution < -0.4 is 10.6 Å². The van der Waals surface area contributed by atoms with Crippen molar-refractivity contribution in [2.75, 3.05) is 37.5 Å². The van der Waals surface area contributed by atoms with Gasteiger partial charge < -0.3 is 20.5 Å². The molecule has 1 aliphatic carbocycles. The van der Waals surface area contributed by atoms with Crippen LogP contribution in [0.15, 0.2) is 42.7 Å². The highest BCUT2D eigenvalue weighted by Gasteiger charge is 2.31. The van der Waals surface area contributed by atoms with E-state index in [0.29, 0.717) is 41.7 Å². The number of benzene rings is 1. The van der Waals surface area contributed by atoms with Crippen molar-refractivity contribution in [1.82, 2.24) is 29.8 Å². The Morgan fingerprint density at radius 1 is 1.26 bits per heavy atom. The second-order valence-corrected chi connectivity index (χ2v) is 8.81. The van der Waals surface area contributed by atoms with Crippen molar-refractivity contribution in [2.24, 2.45) is 5.92 Å². The fourth-order valence-corrected chi connectivity index (χ4v) is 4.18. The summed E-state index contributed by atoms with van der Waals surface area (Å²) in [4.78, 5) is 14.8. The van der Waals surface area contributed by atoms with E-state index in [9.17, 15) is 9.90 Å². The van der Waals surface area contributed by atoms with E-state index in [1.54, 1.807) is 22.6 Å². The highest BCUT2D eigenvalue weighted by atomic mass is 16.5. The van der Waals surface area contributed by atoms with Gasteiger partial charge in [0.25, 0.3) is 5.91 Å². The normalized spacial score (nSPS) is 17.3. The van der Waals surface area contributed by atoms with Crippen LogP contribution in [0.3, 0.4) is 0 Å². The summed E-state index contributed by atoms with van der Waals surface area (Å²) in [5, 5.41) is 32.7. The summed E-state index contributed by atoms with van der Waals surface area (Å²) >= 11 is 0. The number of carbonyl (C=O) groups is 1. The average Bonchev–Trinajstić information content (AvgIpc) is 3.47. The van der Waals surface area contributed by atoms with E-state index in [1.165, 1.54) is 0 Å². The van der Waals surface area contributed by atoms with Gasteiger partial charge in [-0.2, -0.15) is 9.90 Å². The highest BCUT2D eigenvalue weighted by molar-refractivity contribution is 6.09. The van der Waals surface area contributed by atoms with Gasteiger partial charge in [-0.3, -0.25) is 4.79 Å². The number of carbonyl (C=O) groups excluding carboxylic acids is 1. The Bertz CT molecular complexity index is 1340. The Kier molecular flexibility index (Phi) is 6.43. The van der Waals surface area contributed by atoms with Crippen molar-refractivity contribution in [2.45, 2.75) is 25.8 Å². The smallest absolute Gasteiger partial charge is 0.259 e. The van der Waals surface area contributed by atoms with Gasteiger partial charge in [-0.05, 0) is 54.7 Å². The van der Waals surface area contributed by atoms with Crippen LogP contribution in [0.1, 0.15) is 34.8 Å². The molecule has 0 bridgehead atoms. The molecule has 0 spiro atoms. The molecule has 1 aliphatic rings. The molecule has 0 unspecified atom stereocenters. The number of tetrazole rings is 1. The Balaban J connectivity index is 1.34. The number of fused-ring (bicyclic) bond motifs is 1. The monoisotopic (exact) mass is 476 g/mol. The molecule has 1 fully saturated rings. The summed E-state index contributed by atoms with van der Waals surface area (Å²) in [7, 11) is 1.65. The number of pyridine rings is 1. The van der Waals surface area contributed by atoms with Crippen LogP contribution in [0, 0.1) is 12.8 Å². The van der Waals surface area contributed by atoms with E-state index in [0.717, 1.165) is 29.7 Å². The lowest BCUT2D eigenvalue weighted by Crippen LogP contribution is -2.30. The number of hydrogen-bond donors (Lipinski definition) is 3. The van der Waals surface area contributed by atoms with Gasteiger partial charge in [-0.15, -0.1) is 10.2 Å². The van der Waals surface area contributed by atoms with E-state index >= 15 is 0 Å². The summed E-state index contributed by atoms with van der Waals surface area (Å²) in [5.41, 5.74) is 4.40. The maximum atomic E-state index is 13.2. The number of ether oxygens (including phenoxy) is 1. The Morgan fingerprint density at radius 2 is 2.11 bits per heavy atom. The van der Waals surface area contributed by atoms with E-state index in [4.69, 9.17) is 4.74 Å². The zero-order chi connectivity index (χ0) is 24.4. The predicted octanol–water partition coefficient (Wildman–Crippen LogP) is 2.55. The number of rotatable bonds is 9. The zero-order valence-corrected chi connectivity index (χ0v) is 19.7. The summed E-state index contributed by atoms with van der Waals surface area (Å²) in [5.74, 6) is 0.555. The van der Waals surface area contributed by atoms with Crippen molar-refractivity contribution in [3.8, 4) is 11.4 Å². The van der Waals surface area contributed by atoms with Crippen molar-refractivity contribution in [3.05, 3.63) is 53.9 Å². The second-order valence-electron chi connectivity index (χ2n) is 8.81. The van der Waals surface area contributed by atoms with Gasteiger partial charge in [0, 0.05) is 43.4 Å². The Morgan fingerprint density at radius 3 is 2.91 bits per heavy atom. The topological polar surface area (TPSA) is 131 Å². The first-order valence-corrected chi connectivity index (χ1v) is 11.6. The standard InChI is InChI=1S/C24H28N8O3/c1-15-3-4-17(23-28-30-32(29-23)19-9-16(10-19)14-33)11-21(15)27-24(34)20-13-26-31-7-5-18(12-22(20)31)25-6-8-35-2/h3-5,7,11-13,16,19,25,33H,6,8-10,14H2,1-2H3,(H,27,34). The minimum atomic E-state index is -0.254. The molecular weight excluding hydrogens is 448 g/mol. The molecule has 0 saturated heterocycles. The lowest BCUT2D eigenvalue weighted by atomic mass is 9.81. The number of aliphatic hydroxyl groups excluding tert-OH is 1. The Labute approximate surface area is 202 Å². The molecule has 5 rings (SSSR count). The van der Waals surface area contributed by atoms with E-state index in [2.05, 4.69) is 31.1 Å². The molecule has 35 heavy (non-hydrogen) atoms. The van der Waals surface area contributed by atoms with E-state index in [-0.39, 0.29) is 18.6 Å². The van der Waals surface area contributed by atoms with Gasteiger partial charge in [0.1, 0.15) is 0 Å². The first kappa shape index (κ1) is 22.9. The van der Waals surface area contributed by atoms with Crippen molar-refractivity contribution >= 4 is 22.8 Å². The number of methoxy groups -OCH3 is 1. The van der Waals surface area contributed by atoms with Crippen LogP contribution in [0.25, 0.3) is 16.9 Å². The van der Waals surface area contributed by atoms with Crippen molar-refractivity contribution < 1.29 is 14.6 Å². The SMILES string of the molecule is COCCNc1ccn2ncc(C(=O)Nc3cc(-c4nnn(C5CC(CO)C5)n4)ccc3C)c2c1. The van der Waals surface area contributed by atoms with Gasteiger partial charge in [0.15, 0.2) is 0 Å². The molecule has 1 amide bonds. The molecule has 1 saturated carbocycles. The van der Waals surface area contributed by atoms with Crippen LogP contribution in [-0.4, -0.2) is 67.7 Å². The molecule has 0 aliphatic heterocycles. The molecule has 0 radical (unpaired) electrons. The molecule has 11 nitrogen and oxygen atoms in total. The molecule has 1 aromatic carbocycles. The van der Waals surface area contributed by atoms with Gasteiger partial charge in [0.2, 0.25) is 5.82 Å². The fraction of sp³-hybridized carbons (Fsp3) is 0.375. The Hall–Kier alpha value is -3.83. The minimum absolute atomic E-state index is 0.169. The number of nitrogens with one attached hydrogen (secondary N) is 2. The van der Waals surface area contributed by atoms with Crippen LogP contribution in [-0.2, 0) is 4.74 Å². The number of aliphatic hydroxyl groups is 1. The quantitative estimate of drug-likeness (QED) is 0.314. The van der Waals surface area contributed by atoms with Gasteiger partial charge in [-0.25, -0.2) is 4.52 Å². The lowest BCUT2D eigenvalue weighted by Gasteiger charge is -2.32. The van der Waals surface area contributed by atoms with Gasteiger partial charge in [-0.1, -0.05) is 12.1 Å². The number of amides is 1. The largest absolute Gasteiger partial charge is 0.396 e. The van der Waals surface area contributed by atoms with Crippen molar-refractivity contribution in [3.63, 3.8) is 0 Å². The van der Waals surface area contributed by atoms with Crippen LogP contribution in [0.5, 0.6) is 0 Å². The summed E-state index contributed by atoms with van der Waals surface area (Å²) in [6, 6.07) is 9.66. The first-order valence-electron chi connectivity index (χ1n) is 11.6. The summed E-state index contributed by atoms with van der Waals surface area (Å²) in [6.45, 7) is 3.37. The molecule has 11 heteroatoms. The molecule has 3 N–H and O–H groups in total. The molecule has 3 heterocycles. The van der Waals surface area contributed by atoms with Crippen LogP contribution in [0.4, 0.5) is 11.4 Å². The molecule has 182 valence electrons. The number of aryl methyl sites for hydroxylation is 1. The third kappa shape index (κ3) is 4.73. The number of hydrogen-bond acceptors (Lipinski definition) is 8. The minimum Gasteiger partial charge on any atom is -0.396 e. The fourth-order valence-electron chi connectivity index (χ4n) is 4.18. The predicted molar refractivity (Wildman–Crippen MR) is 130 cm³/mol. The van der Waals surface area contributed by atoms with Crippen LogP contribution in [0.2, 0.25) is 0 Å². The lowest BCUT2D eigenvalue weighted by molar-refractivity contribution is 0.0962. The van der Waals surface area contributed by atoms with E-state index in [1.807, 2.05) is 43.5 Å². The zero-order valence-electron chi connectivity index (χ0n) is 19.7. The number of aromatic nitrogens is 6. The van der Waals surface area contributed by atoms with Gasteiger partial charge in [0.05, 0.1) is 29.9 Å². The average molecular weight is 477 g/mol. The van der Waals surface area contributed by atoms with Crippen LogP contribution >= 0.6 is 0 Å². The second kappa shape index (κ2) is 9.80. The first-order chi connectivity index (χ1) is 17.1. The summed E-state index contributed by atoms with van der Waals surface area (Å²) < 4.78 is 6.75. The highest BCUT2D eigenvalue weighted by Crippen LogP contribution is 2.36.